The van der Waals surface area contributed by atoms with Gasteiger partial charge >= 0.3 is 0 Å². The molecule has 17 heavy (non-hydrogen) atoms. The number of likely N-dealkylation sites (tertiary alicyclic amines) is 1. The molecular weight excluding hydrogens is 208 g/mol. The van der Waals surface area contributed by atoms with E-state index in [0.717, 1.165) is 25.9 Å². The second-order valence-corrected chi connectivity index (χ2v) is 4.34. The Bertz CT molecular complexity index is 297. The summed E-state index contributed by atoms with van der Waals surface area (Å²) in [5.41, 5.74) is 7.46. The van der Waals surface area contributed by atoms with Crippen LogP contribution in [0.5, 0.6) is 0 Å². The van der Waals surface area contributed by atoms with Gasteiger partial charge in [-0.25, -0.2) is 0 Å². The maximum absolute atomic E-state index is 6.05. The molecule has 1 saturated heterocycles. The van der Waals surface area contributed by atoms with Gasteiger partial charge < -0.3 is 5.73 Å². The van der Waals surface area contributed by atoms with Crippen LogP contribution >= 0.6 is 0 Å². The van der Waals surface area contributed by atoms with Crippen LogP contribution in [0.4, 0.5) is 0 Å². The Morgan fingerprint density at radius 1 is 1.24 bits per heavy atom. The van der Waals surface area contributed by atoms with E-state index in [0.29, 0.717) is 12.1 Å². The predicted molar refractivity (Wildman–Crippen MR) is 75.0 cm³/mol. The molecule has 0 bridgehead atoms. The third-order valence-electron chi connectivity index (χ3n) is 3.34. The predicted octanol–water partition coefficient (Wildman–Crippen LogP) is 3.20. The van der Waals surface area contributed by atoms with Gasteiger partial charge in [-0.05, 0) is 24.9 Å². The van der Waals surface area contributed by atoms with Gasteiger partial charge in [0.1, 0.15) is 0 Å². The highest BCUT2D eigenvalue weighted by Crippen LogP contribution is 2.29. The number of hydrogen-bond acceptors (Lipinski definition) is 2. The molecule has 2 N–H and O–H groups in total. The molecule has 1 aliphatic rings. The van der Waals surface area contributed by atoms with Gasteiger partial charge in [-0.1, -0.05) is 51.1 Å². The van der Waals surface area contributed by atoms with Crippen LogP contribution in [0.2, 0.25) is 0 Å². The molecule has 2 nitrogen and oxygen atoms in total. The Labute approximate surface area is 106 Å². The third kappa shape index (κ3) is 3.83. The fourth-order valence-corrected chi connectivity index (χ4v) is 2.44. The molecule has 0 amide bonds. The monoisotopic (exact) mass is 234 g/mol. The molecule has 0 spiro atoms. The van der Waals surface area contributed by atoms with Crippen LogP contribution in [0.3, 0.4) is 0 Å². The lowest BCUT2D eigenvalue weighted by Gasteiger charge is -2.38. The molecule has 1 aromatic carbocycles. The lowest BCUT2D eigenvalue weighted by molar-refractivity contribution is 0.143. The van der Waals surface area contributed by atoms with Crippen LogP contribution in [0, 0.1) is 0 Å². The van der Waals surface area contributed by atoms with E-state index in [1.54, 1.807) is 0 Å². The summed E-state index contributed by atoms with van der Waals surface area (Å²) in [5, 5.41) is 0. The highest BCUT2D eigenvalue weighted by Gasteiger charge is 2.26. The van der Waals surface area contributed by atoms with E-state index in [1.807, 2.05) is 13.8 Å². The number of piperidine rings is 1. The van der Waals surface area contributed by atoms with Gasteiger partial charge in [-0.15, -0.1) is 0 Å². The summed E-state index contributed by atoms with van der Waals surface area (Å²) < 4.78 is 0. The molecule has 0 aliphatic carbocycles. The van der Waals surface area contributed by atoms with E-state index in [-0.39, 0.29) is 0 Å². The van der Waals surface area contributed by atoms with Gasteiger partial charge in [0.05, 0.1) is 0 Å². The van der Waals surface area contributed by atoms with Crippen molar-refractivity contribution in [3.8, 4) is 0 Å². The van der Waals surface area contributed by atoms with Crippen molar-refractivity contribution in [2.75, 3.05) is 13.1 Å². The van der Waals surface area contributed by atoms with E-state index >= 15 is 0 Å². The summed E-state index contributed by atoms with van der Waals surface area (Å²) in [5.74, 6) is 0. The Balaban J connectivity index is 0.000000686. The smallest absolute Gasteiger partial charge is 0.0362 e. The summed E-state index contributed by atoms with van der Waals surface area (Å²) in [6.07, 6.45) is 2.23. The van der Waals surface area contributed by atoms with Gasteiger partial charge in [-0.3, -0.25) is 4.90 Å². The fraction of sp³-hybridized carbons (Fsp3) is 0.600. The van der Waals surface area contributed by atoms with Crippen LogP contribution in [-0.2, 0) is 0 Å². The van der Waals surface area contributed by atoms with Crippen molar-refractivity contribution in [2.24, 2.45) is 5.73 Å². The molecule has 0 radical (unpaired) electrons. The first-order valence-electron chi connectivity index (χ1n) is 6.86. The largest absolute Gasteiger partial charge is 0.328 e. The first-order valence-corrected chi connectivity index (χ1v) is 6.86. The first kappa shape index (κ1) is 14.2. The molecule has 1 aliphatic heterocycles. The SMILES string of the molecule is CC.CCN1CCC(N)CC1c1ccccc1. The minimum atomic E-state index is 0.373. The Morgan fingerprint density at radius 2 is 1.88 bits per heavy atom. The van der Waals surface area contributed by atoms with E-state index in [1.165, 1.54) is 5.56 Å². The minimum Gasteiger partial charge on any atom is -0.328 e. The highest BCUT2D eigenvalue weighted by atomic mass is 15.2. The second-order valence-electron chi connectivity index (χ2n) is 4.34. The van der Waals surface area contributed by atoms with Crippen LogP contribution in [0.1, 0.15) is 45.2 Å². The summed E-state index contributed by atoms with van der Waals surface area (Å²) in [4.78, 5) is 2.53. The van der Waals surface area contributed by atoms with Crippen molar-refractivity contribution in [3.63, 3.8) is 0 Å². The van der Waals surface area contributed by atoms with Crippen molar-refractivity contribution < 1.29 is 0 Å². The van der Waals surface area contributed by atoms with Crippen LogP contribution in [-0.4, -0.2) is 24.0 Å². The Hall–Kier alpha value is -0.860. The quantitative estimate of drug-likeness (QED) is 0.851. The van der Waals surface area contributed by atoms with Crippen LogP contribution in [0.25, 0.3) is 0 Å². The van der Waals surface area contributed by atoms with Gasteiger partial charge in [-0.2, -0.15) is 0 Å². The number of nitrogens with two attached hydrogens (primary N) is 1. The van der Waals surface area contributed by atoms with E-state index in [4.69, 9.17) is 5.73 Å². The number of hydrogen-bond donors (Lipinski definition) is 1. The molecule has 1 aromatic rings. The zero-order valence-corrected chi connectivity index (χ0v) is 11.4. The van der Waals surface area contributed by atoms with Gasteiger partial charge in [0.2, 0.25) is 0 Å². The zero-order valence-electron chi connectivity index (χ0n) is 11.4. The first-order chi connectivity index (χ1) is 8.31. The number of nitrogens with zero attached hydrogens (tertiary/aromatic N) is 1. The Morgan fingerprint density at radius 3 is 2.47 bits per heavy atom. The van der Waals surface area contributed by atoms with Crippen molar-refractivity contribution in [1.82, 2.24) is 4.90 Å². The molecule has 0 saturated carbocycles. The lowest BCUT2D eigenvalue weighted by atomic mass is 9.92. The minimum absolute atomic E-state index is 0.373. The maximum Gasteiger partial charge on any atom is 0.0362 e. The van der Waals surface area contributed by atoms with Crippen molar-refractivity contribution in [1.29, 1.82) is 0 Å². The molecule has 0 aromatic heterocycles. The zero-order chi connectivity index (χ0) is 12.7. The average molecular weight is 234 g/mol. The molecule has 2 heteroatoms. The van der Waals surface area contributed by atoms with Gasteiger partial charge in [0.25, 0.3) is 0 Å². The van der Waals surface area contributed by atoms with Gasteiger partial charge in [0, 0.05) is 18.6 Å². The number of benzene rings is 1. The average Bonchev–Trinajstić information content (AvgIpc) is 2.42. The summed E-state index contributed by atoms with van der Waals surface area (Å²) in [6, 6.07) is 11.6. The maximum atomic E-state index is 6.05. The summed E-state index contributed by atoms with van der Waals surface area (Å²) in [7, 11) is 0. The number of rotatable bonds is 2. The third-order valence-corrected chi connectivity index (χ3v) is 3.34. The topological polar surface area (TPSA) is 29.3 Å². The normalized spacial score (nSPS) is 24.9. The van der Waals surface area contributed by atoms with Crippen molar-refractivity contribution in [3.05, 3.63) is 35.9 Å². The second kappa shape index (κ2) is 7.46. The van der Waals surface area contributed by atoms with Crippen LogP contribution < -0.4 is 5.73 Å². The summed E-state index contributed by atoms with van der Waals surface area (Å²) >= 11 is 0. The van der Waals surface area contributed by atoms with Gasteiger partial charge in [0.15, 0.2) is 0 Å². The van der Waals surface area contributed by atoms with E-state index < -0.39 is 0 Å². The molecular formula is C15H26N2. The molecule has 1 heterocycles. The molecule has 2 unspecified atom stereocenters. The van der Waals surface area contributed by atoms with E-state index in [2.05, 4.69) is 42.2 Å². The highest BCUT2D eigenvalue weighted by molar-refractivity contribution is 5.20. The summed E-state index contributed by atoms with van der Waals surface area (Å²) in [6.45, 7) is 8.48. The standard InChI is InChI=1S/C13H20N2.C2H6/c1-2-15-9-8-12(14)10-13(15)11-6-4-3-5-7-11;1-2/h3-7,12-13H,2,8-10,14H2,1H3;1-2H3. The van der Waals surface area contributed by atoms with E-state index in [9.17, 15) is 0 Å². The molecule has 2 atom stereocenters. The molecule has 96 valence electrons. The molecule has 2 rings (SSSR count). The lowest BCUT2D eigenvalue weighted by Crippen LogP contribution is -2.41. The van der Waals surface area contributed by atoms with Crippen molar-refractivity contribution >= 4 is 0 Å². The Kier molecular flexibility index (Phi) is 6.23. The molecule has 1 fully saturated rings. The fourth-order valence-electron chi connectivity index (χ4n) is 2.44. The van der Waals surface area contributed by atoms with Crippen molar-refractivity contribution in [2.45, 2.75) is 45.7 Å². The van der Waals surface area contributed by atoms with Crippen LogP contribution in [0.15, 0.2) is 30.3 Å².